The van der Waals surface area contributed by atoms with Crippen molar-refractivity contribution in [3.63, 3.8) is 0 Å². The lowest BCUT2D eigenvalue weighted by atomic mass is 10.0. The van der Waals surface area contributed by atoms with Crippen LogP contribution in [0.15, 0.2) is 36.4 Å². The molecule has 0 spiro atoms. The summed E-state index contributed by atoms with van der Waals surface area (Å²) in [7, 11) is 1.68. The predicted molar refractivity (Wildman–Crippen MR) is 78.7 cm³/mol. The normalized spacial score (nSPS) is 12.6. The van der Waals surface area contributed by atoms with Crippen molar-refractivity contribution < 1.29 is 9.47 Å². The molecule has 0 radical (unpaired) electrons. The molecule has 1 unspecified atom stereocenters. The van der Waals surface area contributed by atoms with Gasteiger partial charge in [0, 0.05) is 12.7 Å². The van der Waals surface area contributed by atoms with Crippen LogP contribution < -0.4 is 10.5 Å². The van der Waals surface area contributed by atoms with E-state index in [0.717, 1.165) is 12.2 Å². The maximum Gasteiger partial charge on any atom is 0.123 e. The minimum atomic E-state index is 0.0303. The van der Waals surface area contributed by atoms with Crippen LogP contribution in [-0.4, -0.2) is 26.4 Å². The standard InChI is InChI=1S/C16H21NO2/c1-12(11-18-2)19-16-8-7-13-5-3-4-6-14(13)15(16)9-10-17/h3-8,12H,9-11,17H2,1-2H3. The first-order chi connectivity index (χ1) is 9.26. The van der Waals surface area contributed by atoms with Crippen molar-refractivity contribution in [1.82, 2.24) is 0 Å². The summed E-state index contributed by atoms with van der Waals surface area (Å²) >= 11 is 0. The lowest BCUT2D eigenvalue weighted by Gasteiger charge is -2.18. The Hall–Kier alpha value is -1.58. The molecule has 0 bridgehead atoms. The minimum Gasteiger partial charge on any atom is -0.488 e. The van der Waals surface area contributed by atoms with Crippen LogP contribution in [0.3, 0.4) is 0 Å². The monoisotopic (exact) mass is 259 g/mol. The highest BCUT2D eigenvalue weighted by atomic mass is 16.5. The van der Waals surface area contributed by atoms with Crippen LogP contribution in [0, 0.1) is 0 Å². The van der Waals surface area contributed by atoms with Gasteiger partial charge in [-0.15, -0.1) is 0 Å². The Kier molecular flexibility index (Phi) is 4.77. The second kappa shape index (κ2) is 6.55. The number of nitrogens with two attached hydrogens (primary N) is 1. The first kappa shape index (κ1) is 13.8. The van der Waals surface area contributed by atoms with Gasteiger partial charge < -0.3 is 15.2 Å². The molecule has 0 aliphatic rings. The highest BCUT2D eigenvalue weighted by molar-refractivity contribution is 5.87. The van der Waals surface area contributed by atoms with Crippen molar-refractivity contribution in [2.45, 2.75) is 19.4 Å². The third kappa shape index (κ3) is 3.25. The molecule has 19 heavy (non-hydrogen) atoms. The number of rotatable bonds is 6. The molecule has 3 nitrogen and oxygen atoms in total. The summed E-state index contributed by atoms with van der Waals surface area (Å²) in [4.78, 5) is 0. The zero-order valence-electron chi connectivity index (χ0n) is 11.6. The summed E-state index contributed by atoms with van der Waals surface area (Å²) in [6, 6.07) is 12.4. The van der Waals surface area contributed by atoms with Crippen LogP contribution in [0.4, 0.5) is 0 Å². The van der Waals surface area contributed by atoms with Gasteiger partial charge in [0.1, 0.15) is 11.9 Å². The van der Waals surface area contributed by atoms with Gasteiger partial charge in [-0.25, -0.2) is 0 Å². The van der Waals surface area contributed by atoms with Gasteiger partial charge in [0.2, 0.25) is 0 Å². The predicted octanol–water partition coefficient (Wildman–Crippen LogP) is 2.75. The second-order valence-electron chi connectivity index (χ2n) is 4.69. The lowest BCUT2D eigenvalue weighted by Crippen LogP contribution is -2.19. The smallest absolute Gasteiger partial charge is 0.123 e. The van der Waals surface area contributed by atoms with Crippen molar-refractivity contribution in [2.75, 3.05) is 20.3 Å². The second-order valence-corrected chi connectivity index (χ2v) is 4.69. The molecule has 102 valence electrons. The van der Waals surface area contributed by atoms with E-state index >= 15 is 0 Å². The molecule has 1 atom stereocenters. The van der Waals surface area contributed by atoms with E-state index in [4.69, 9.17) is 15.2 Å². The van der Waals surface area contributed by atoms with E-state index in [1.807, 2.05) is 25.1 Å². The Bertz CT molecular complexity index is 539. The Morgan fingerprint density at radius 3 is 2.68 bits per heavy atom. The zero-order valence-corrected chi connectivity index (χ0v) is 11.6. The van der Waals surface area contributed by atoms with E-state index in [9.17, 15) is 0 Å². The van der Waals surface area contributed by atoms with Gasteiger partial charge in [-0.2, -0.15) is 0 Å². The fourth-order valence-corrected chi connectivity index (χ4v) is 2.31. The quantitative estimate of drug-likeness (QED) is 0.867. The van der Waals surface area contributed by atoms with Crippen molar-refractivity contribution in [2.24, 2.45) is 5.73 Å². The molecule has 0 aliphatic carbocycles. The van der Waals surface area contributed by atoms with Crippen molar-refractivity contribution in [1.29, 1.82) is 0 Å². The fraction of sp³-hybridized carbons (Fsp3) is 0.375. The number of methoxy groups -OCH3 is 1. The van der Waals surface area contributed by atoms with Gasteiger partial charge in [0.15, 0.2) is 0 Å². The number of hydrogen-bond acceptors (Lipinski definition) is 3. The molecule has 0 aliphatic heterocycles. The first-order valence-corrected chi connectivity index (χ1v) is 6.62. The number of fused-ring (bicyclic) bond motifs is 1. The molecular formula is C16H21NO2. The first-order valence-electron chi connectivity index (χ1n) is 6.62. The molecule has 2 rings (SSSR count). The van der Waals surface area contributed by atoms with E-state index in [1.54, 1.807) is 7.11 Å². The highest BCUT2D eigenvalue weighted by Crippen LogP contribution is 2.29. The third-order valence-electron chi connectivity index (χ3n) is 3.12. The largest absolute Gasteiger partial charge is 0.488 e. The molecule has 0 saturated carbocycles. The fourth-order valence-electron chi connectivity index (χ4n) is 2.31. The van der Waals surface area contributed by atoms with Crippen LogP contribution in [0.5, 0.6) is 5.75 Å². The molecular weight excluding hydrogens is 238 g/mol. The van der Waals surface area contributed by atoms with Gasteiger partial charge in [-0.3, -0.25) is 0 Å². The number of ether oxygens (including phenoxy) is 2. The summed E-state index contributed by atoms with van der Waals surface area (Å²) < 4.78 is 11.1. The molecule has 2 aromatic rings. The zero-order chi connectivity index (χ0) is 13.7. The summed E-state index contributed by atoms with van der Waals surface area (Å²) in [5, 5.41) is 2.44. The third-order valence-corrected chi connectivity index (χ3v) is 3.12. The molecule has 2 aromatic carbocycles. The van der Waals surface area contributed by atoms with Crippen molar-refractivity contribution >= 4 is 10.8 Å². The van der Waals surface area contributed by atoms with Crippen molar-refractivity contribution in [3.05, 3.63) is 42.0 Å². The molecule has 0 saturated heterocycles. The Labute approximate surface area is 114 Å². The summed E-state index contributed by atoms with van der Waals surface area (Å²) in [6.45, 7) is 3.20. The highest BCUT2D eigenvalue weighted by Gasteiger charge is 2.11. The maximum absolute atomic E-state index is 5.97. The molecule has 0 aromatic heterocycles. The van der Waals surface area contributed by atoms with Crippen LogP contribution in [0.25, 0.3) is 10.8 Å². The molecule has 0 fully saturated rings. The molecule has 0 amide bonds. The summed E-state index contributed by atoms with van der Waals surface area (Å²) in [5.41, 5.74) is 6.91. The Balaban J connectivity index is 2.39. The van der Waals surface area contributed by atoms with Gasteiger partial charge in [0.05, 0.1) is 6.61 Å². The minimum absolute atomic E-state index is 0.0303. The van der Waals surface area contributed by atoms with Crippen LogP contribution >= 0.6 is 0 Å². The van der Waals surface area contributed by atoms with E-state index < -0.39 is 0 Å². The van der Waals surface area contributed by atoms with E-state index in [1.165, 1.54) is 16.3 Å². The molecule has 2 N–H and O–H groups in total. The van der Waals surface area contributed by atoms with Crippen LogP contribution in [0.1, 0.15) is 12.5 Å². The number of benzene rings is 2. The SMILES string of the molecule is COCC(C)Oc1ccc2ccccc2c1CCN. The average Bonchev–Trinajstić information content (AvgIpc) is 2.42. The summed E-state index contributed by atoms with van der Waals surface area (Å²) in [5.74, 6) is 0.911. The lowest BCUT2D eigenvalue weighted by molar-refractivity contribution is 0.0915. The Morgan fingerprint density at radius 1 is 1.16 bits per heavy atom. The number of hydrogen-bond donors (Lipinski definition) is 1. The average molecular weight is 259 g/mol. The van der Waals surface area contributed by atoms with Gasteiger partial charge in [-0.05, 0) is 36.7 Å². The van der Waals surface area contributed by atoms with Crippen LogP contribution in [0.2, 0.25) is 0 Å². The summed E-state index contributed by atoms with van der Waals surface area (Å²) in [6.07, 6.45) is 0.846. The van der Waals surface area contributed by atoms with Gasteiger partial charge in [0.25, 0.3) is 0 Å². The van der Waals surface area contributed by atoms with E-state index in [2.05, 4.69) is 18.2 Å². The van der Waals surface area contributed by atoms with Gasteiger partial charge >= 0.3 is 0 Å². The topological polar surface area (TPSA) is 44.5 Å². The van der Waals surface area contributed by atoms with Gasteiger partial charge in [-0.1, -0.05) is 30.3 Å². The Morgan fingerprint density at radius 2 is 1.95 bits per heavy atom. The maximum atomic E-state index is 5.97. The molecule has 3 heteroatoms. The van der Waals surface area contributed by atoms with Crippen molar-refractivity contribution in [3.8, 4) is 5.75 Å². The molecule has 0 heterocycles. The van der Waals surface area contributed by atoms with E-state index in [-0.39, 0.29) is 6.10 Å². The van der Waals surface area contributed by atoms with Crippen LogP contribution in [-0.2, 0) is 11.2 Å². The van der Waals surface area contributed by atoms with E-state index in [0.29, 0.717) is 13.2 Å².